The summed E-state index contributed by atoms with van der Waals surface area (Å²) in [7, 11) is 3.91. The number of Topliss-reactive ketones (excluding diaryl/α,β-unsaturated/α-hetero) is 1. The molecule has 0 aliphatic rings. The fourth-order valence-electron chi connectivity index (χ4n) is 3.48. The highest BCUT2D eigenvalue weighted by Gasteiger charge is 2.23. The Balaban J connectivity index is 1.76. The zero-order valence-corrected chi connectivity index (χ0v) is 17.2. The number of hydrogen-bond acceptors (Lipinski definition) is 3. The van der Waals surface area contributed by atoms with Gasteiger partial charge in [-0.2, -0.15) is 0 Å². The third-order valence-corrected chi connectivity index (χ3v) is 4.89. The summed E-state index contributed by atoms with van der Waals surface area (Å²) >= 11 is 0. The molecule has 28 heavy (non-hydrogen) atoms. The summed E-state index contributed by atoms with van der Waals surface area (Å²) in [5, 5.41) is 2.37. The second-order valence-electron chi connectivity index (χ2n) is 7.79. The average molecular weight is 376 g/mol. The molecule has 3 aromatic rings. The Morgan fingerprint density at radius 2 is 1.54 bits per heavy atom. The van der Waals surface area contributed by atoms with E-state index in [0.717, 1.165) is 16.7 Å². The van der Waals surface area contributed by atoms with E-state index >= 15 is 0 Å². The van der Waals surface area contributed by atoms with Crippen LogP contribution in [0, 0.1) is 0 Å². The van der Waals surface area contributed by atoms with Gasteiger partial charge in [0.25, 0.3) is 0 Å². The maximum Gasteiger partial charge on any atom is 0.158 e. The monoisotopic (exact) mass is 375 g/mol. The molecule has 0 spiro atoms. The third-order valence-electron chi connectivity index (χ3n) is 4.89. The molecule has 0 heterocycles. The number of ketones is 1. The molecule has 0 unspecified atom stereocenters. The Bertz CT molecular complexity index is 929. The van der Waals surface area contributed by atoms with Gasteiger partial charge in [0.2, 0.25) is 0 Å². The second-order valence-corrected chi connectivity index (χ2v) is 7.79. The molecule has 0 aliphatic carbocycles. The van der Waals surface area contributed by atoms with Crippen LogP contribution in [0.3, 0.4) is 0 Å². The van der Waals surface area contributed by atoms with E-state index in [1.807, 2.05) is 57.1 Å². The number of benzene rings is 3. The number of likely N-dealkylation sites (N-methyl/N-ethyl adjacent to an activating group) is 1. The zero-order chi connectivity index (χ0) is 20.1. The second kappa shape index (κ2) is 9.13. The largest absolute Gasteiger partial charge is 0.374 e. The van der Waals surface area contributed by atoms with Gasteiger partial charge in [0.15, 0.2) is 5.78 Å². The fraction of sp³-hybridized carbons (Fsp3) is 0.320. The fourth-order valence-corrected chi connectivity index (χ4v) is 3.48. The minimum absolute atomic E-state index is 0.200. The molecule has 3 rings (SSSR count). The van der Waals surface area contributed by atoms with Crippen LogP contribution in [0.4, 0.5) is 0 Å². The lowest BCUT2D eigenvalue weighted by atomic mass is 9.95. The van der Waals surface area contributed by atoms with Gasteiger partial charge in [-0.25, -0.2) is 0 Å². The minimum Gasteiger partial charge on any atom is -0.374 e. The molecule has 3 aromatic carbocycles. The van der Waals surface area contributed by atoms with E-state index in [1.165, 1.54) is 10.8 Å². The van der Waals surface area contributed by atoms with E-state index in [1.54, 1.807) is 0 Å². The van der Waals surface area contributed by atoms with Crippen molar-refractivity contribution in [2.75, 3.05) is 14.1 Å². The van der Waals surface area contributed by atoms with Crippen molar-refractivity contribution < 1.29 is 9.53 Å². The van der Waals surface area contributed by atoms with Gasteiger partial charge in [0, 0.05) is 6.42 Å². The van der Waals surface area contributed by atoms with Crippen LogP contribution in [0.2, 0.25) is 0 Å². The van der Waals surface area contributed by atoms with Crippen LogP contribution < -0.4 is 0 Å². The Labute approximate surface area is 167 Å². The molecule has 0 radical (unpaired) electrons. The summed E-state index contributed by atoms with van der Waals surface area (Å²) in [6, 6.07) is 22.4. The summed E-state index contributed by atoms with van der Waals surface area (Å²) in [5.74, 6) is 0.200. The number of nitrogens with zero attached hydrogens (tertiary/aromatic N) is 1. The summed E-state index contributed by atoms with van der Waals surface area (Å²) < 4.78 is 5.66. The summed E-state index contributed by atoms with van der Waals surface area (Å²) in [6.45, 7) is 4.65. The molecule has 0 saturated heterocycles. The van der Waals surface area contributed by atoms with Gasteiger partial charge in [-0.05, 0) is 55.4 Å². The highest BCUT2D eigenvalue weighted by atomic mass is 16.5. The van der Waals surface area contributed by atoms with Crippen LogP contribution in [0.15, 0.2) is 66.7 Å². The van der Waals surface area contributed by atoms with Gasteiger partial charge in [-0.1, -0.05) is 66.7 Å². The third kappa shape index (κ3) is 5.06. The van der Waals surface area contributed by atoms with Gasteiger partial charge in [-0.15, -0.1) is 0 Å². The van der Waals surface area contributed by atoms with Crippen LogP contribution >= 0.6 is 0 Å². The maximum absolute atomic E-state index is 13.1. The van der Waals surface area contributed by atoms with E-state index in [-0.39, 0.29) is 17.9 Å². The molecule has 3 nitrogen and oxygen atoms in total. The van der Waals surface area contributed by atoms with Crippen LogP contribution in [0.5, 0.6) is 0 Å². The van der Waals surface area contributed by atoms with Crippen molar-refractivity contribution in [3.05, 3.63) is 83.4 Å². The van der Waals surface area contributed by atoms with Gasteiger partial charge in [0.05, 0.1) is 18.8 Å². The first-order valence-corrected chi connectivity index (χ1v) is 9.81. The first-order valence-electron chi connectivity index (χ1n) is 9.81. The lowest BCUT2D eigenvalue weighted by Crippen LogP contribution is -2.29. The molecule has 0 amide bonds. The Hall–Kier alpha value is -2.49. The number of rotatable bonds is 8. The highest BCUT2D eigenvalue weighted by Crippen LogP contribution is 2.23. The van der Waals surface area contributed by atoms with Crippen LogP contribution in [-0.4, -0.2) is 30.9 Å². The Morgan fingerprint density at radius 3 is 2.18 bits per heavy atom. The van der Waals surface area contributed by atoms with E-state index < -0.39 is 0 Å². The topological polar surface area (TPSA) is 29.5 Å². The first kappa shape index (κ1) is 20.2. The molecule has 0 fully saturated rings. The van der Waals surface area contributed by atoms with Gasteiger partial charge in [-0.3, -0.25) is 9.69 Å². The van der Waals surface area contributed by atoms with Crippen molar-refractivity contribution in [3.63, 3.8) is 0 Å². The van der Waals surface area contributed by atoms with Crippen molar-refractivity contribution in [2.45, 2.75) is 39.0 Å². The van der Waals surface area contributed by atoms with Crippen LogP contribution in [-0.2, 0) is 22.6 Å². The zero-order valence-electron chi connectivity index (χ0n) is 17.2. The van der Waals surface area contributed by atoms with Crippen LogP contribution in [0.1, 0.15) is 36.6 Å². The summed E-state index contributed by atoms with van der Waals surface area (Å²) in [5.41, 5.74) is 3.19. The predicted molar refractivity (Wildman–Crippen MR) is 115 cm³/mol. The van der Waals surface area contributed by atoms with Crippen LogP contribution in [0.25, 0.3) is 10.8 Å². The van der Waals surface area contributed by atoms with E-state index in [2.05, 4.69) is 42.5 Å². The molecule has 0 bridgehead atoms. The van der Waals surface area contributed by atoms with Gasteiger partial charge in [0.1, 0.15) is 0 Å². The van der Waals surface area contributed by atoms with Gasteiger partial charge < -0.3 is 4.74 Å². The van der Waals surface area contributed by atoms with E-state index in [0.29, 0.717) is 13.0 Å². The summed E-state index contributed by atoms with van der Waals surface area (Å²) in [4.78, 5) is 15.1. The molecule has 0 saturated carbocycles. The molecule has 0 aliphatic heterocycles. The Kier molecular flexibility index (Phi) is 6.61. The van der Waals surface area contributed by atoms with Crippen molar-refractivity contribution >= 4 is 16.6 Å². The van der Waals surface area contributed by atoms with Crippen molar-refractivity contribution in [2.24, 2.45) is 0 Å². The average Bonchev–Trinajstić information content (AvgIpc) is 2.67. The standard InChI is InChI=1S/C25H29NO2/c1-18(2)28-17-19-9-13-22(14-10-19)25(26(3)4)24(27)16-20-11-12-21-7-5-6-8-23(21)15-20/h5-15,18,25H,16-17H2,1-4H3/t25-/m1/s1. The molecule has 0 N–H and O–H groups in total. The number of ether oxygens (including phenoxy) is 1. The molecular formula is C25H29NO2. The quantitative estimate of drug-likeness (QED) is 0.543. The molecule has 3 heteroatoms. The first-order chi connectivity index (χ1) is 13.4. The summed E-state index contributed by atoms with van der Waals surface area (Å²) in [6.07, 6.45) is 0.629. The number of fused-ring (bicyclic) bond motifs is 1. The number of carbonyl (C=O) groups is 1. The Morgan fingerprint density at radius 1 is 0.893 bits per heavy atom. The smallest absolute Gasteiger partial charge is 0.158 e. The minimum atomic E-state index is -0.258. The van der Waals surface area contributed by atoms with Gasteiger partial charge >= 0.3 is 0 Å². The molecule has 0 aromatic heterocycles. The molecule has 1 atom stereocenters. The lowest BCUT2D eigenvalue weighted by molar-refractivity contribution is -0.123. The predicted octanol–water partition coefficient (Wildman–Crippen LogP) is 5.18. The van der Waals surface area contributed by atoms with E-state index in [4.69, 9.17) is 4.74 Å². The lowest BCUT2D eigenvalue weighted by Gasteiger charge is -2.24. The van der Waals surface area contributed by atoms with Crippen molar-refractivity contribution in [3.8, 4) is 0 Å². The van der Waals surface area contributed by atoms with Crippen molar-refractivity contribution in [1.82, 2.24) is 4.90 Å². The van der Waals surface area contributed by atoms with E-state index in [9.17, 15) is 4.79 Å². The normalized spacial score (nSPS) is 12.6. The highest BCUT2D eigenvalue weighted by molar-refractivity contribution is 5.89. The van der Waals surface area contributed by atoms with Crippen molar-refractivity contribution in [1.29, 1.82) is 0 Å². The number of carbonyl (C=O) groups excluding carboxylic acids is 1. The maximum atomic E-state index is 13.1. The number of hydrogen-bond donors (Lipinski definition) is 0. The molecular weight excluding hydrogens is 346 g/mol. The SMILES string of the molecule is CC(C)OCc1ccc([C@H](C(=O)Cc2ccc3ccccc3c2)N(C)C)cc1. The molecule has 146 valence electrons.